The number of H-pyrrole nitrogens is 1. The van der Waals surface area contributed by atoms with E-state index in [-0.39, 0.29) is 18.4 Å². The summed E-state index contributed by atoms with van der Waals surface area (Å²) in [6.07, 6.45) is 13.1. The number of nitrogens with zero attached hydrogens (tertiary/aromatic N) is 1. The number of carbonyl (C=O) groups excluding carboxylic acids is 2. The van der Waals surface area contributed by atoms with Crippen molar-refractivity contribution >= 4 is 33.6 Å². The average molecular weight is 525 g/mol. The van der Waals surface area contributed by atoms with Gasteiger partial charge in [-0.2, -0.15) is 0 Å². The van der Waals surface area contributed by atoms with Gasteiger partial charge in [0.25, 0.3) is 11.8 Å². The van der Waals surface area contributed by atoms with Crippen LogP contribution in [-0.4, -0.2) is 28.3 Å². The molecule has 0 bridgehead atoms. The average Bonchev–Trinajstić information content (AvgIpc) is 3.41. The smallest absolute Gasteiger partial charge is 0.261 e. The van der Waals surface area contributed by atoms with Crippen LogP contribution >= 0.6 is 0 Å². The molecule has 0 aliphatic carbocycles. The molecule has 1 N–H and O–H groups in total. The summed E-state index contributed by atoms with van der Waals surface area (Å²) in [5.41, 5.74) is 5.07. The number of aryl methyl sites for hydroxylation is 1. The van der Waals surface area contributed by atoms with Gasteiger partial charge in [0.2, 0.25) is 0 Å². The summed E-state index contributed by atoms with van der Waals surface area (Å²) in [5.74, 6) is 0.473. The highest BCUT2D eigenvalue weighted by molar-refractivity contribution is 6.21. The monoisotopic (exact) mass is 524 g/mol. The molecule has 0 atom stereocenters. The van der Waals surface area contributed by atoms with Gasteiger partial charge < -0.3 is 9.72 Å². The van der Waals surface area contributed by atoms with E-state index in [1.165, 1.54) is 62.7 Å². The maximum atomic E-state index is 12.8. The molecule has 1 aromatic heterocycles. The molecule has 5 rings (SSSR count). The Bertz CT molecular complexity index is 1430. The molecule has 204 valence electrons. The number of hydrogen-bond acceptors (Lipinski definition) is 3. The Kier molecular flexibility index (Phi) is 8.65. The second kappa shape index (κ2) is 12.5. The van der Waals surface area contributed by atoms with E-state index in [1.807, 2.05) is 12.1 Å². The van der Waals surface area contributed by atoms with Crippen molar-refractivity contribution in [2.75, 3.05) is 6.61 Å². The van der Waals surface area contributed by atoms with Crippen LogP contribution in [0.15, 0.2) is 54.6 Å². The van der Waals surface area contributed by atoms with Crippen LogP contribution in [0.25, 0.3) is 21.8 Å². The summed E-state index contributed by atoms with van der Waals surface area (Å²) in [7, 11) is 0. The third-order valence-corrected chi connectivity index (χ3v) is 7.93. The highest BCUT2D eigenvalue weighted by Gasteiger charge is 2.35. The minimum Gasteiger partial charge on any atom is -0.493 e. The summed E-state index contributed by atoms with van der Waals surface area (Å²) in [6.45, 7) is 5.36. The third-order valence-electron chi connectivity index (χ3n) is 7.93. The minimum atomic E-state index is -0.227. The van der Waals surface area contributed by atoms with Crippen LogP contribution in [-0.2, 0) is 6.54 Å². The molecule has 5 nitrogen and oxygen atoms in total. The Morgan fingerprint density at radius 3 is 2.00 bits per heavy atom. The molecule has 2 heterocycles. The van der Waals surface area contributed by atoms with Gasteiger partial charge in [0.15, 0.2) is 0 Å². The predicted octanol–water partition coefficient (Wildman–Crippen LogP) is 8.73. The van der Waals surface area contributed by atoms with E-state index in [0.717, 1.165) is 51.7 Å². The number of aromatic nitrogens is 1. The molecule has 3 aromatic carbocycles. The van der Waals surface area contributed by atoms with E-state index in [1.54, 1.807) is 24.3 Å². The molecule has 1 aliphatic heterocycles. The van der Waals surface area contributed by atoms with Gasteiger partial charge in [0.1, 0.15) is 5.75 Å². The molecule has 5 heteroatoms. The van der Waals surface area contributed by atoms with E-state index in [9.17, 15) is 9.59 Å². The van der Waals surface area contributed by atoms with Crippen LogP contribution in [0.4, 0.5) is 0 Å². The van der Waals surface area contributed by atoms with Gasteiger partial charge >= 0.3 is 0 Å². The summed E-state index contributed by atoms with van der Waals surface area (Å²) in [4.78, 5) is 30.5. The van der Waals surface area contributed by atoms with Gasteiger partial charge in [-0.1, -0.05) is 82.9 Å². The van der Waals surface area contributed by atoms with Crippen molar-refractivity contribution in [3.05, 3.63) is 76.9 Å². The fourth-order valence-corrected chi connectivity index (χ4v) is 5.67. The lowest BCUT2D eigenvalue weighted by Crippen LogP contribution is -2.29. The first-order chi connectivity index (χ1) is 19.1. The van der Waals surface area contributed by atoms with Crippen molar-refractivity contribution in [2.24, 2.45) is 0 Å². The number of imide groups is 1. The Balaban J connectivity index is 1.18. The SMILES string of the molecule is CCCCCCCCCCCCOc1cc2[nH]c3ccc(CN4C(=O)c5ccccc5C4=O)cc3c2cc1C. The van der Waals surface area contributed by atoms with Crippen LogP contribution in [0.1, 0.15) is 103 Å². The van der Waals surface area contributed by atoms with Crippen molar-refractivity contribution in [1.82, 2.24) is 9.88 Å². The largest absolute Gasteiger partial charge is 0.493 e. The number of fused-ring (bicyclic) bond motifs is 4. The van der Waals surface area contributed by atoms with Crippen molar-refractivity contribution in [3.8, 4) is 5.75 Å². The maximum Gasteiger partial charge on any atom is 0.261 e. The Labute approximate surface area is 231 Å². The molecule has 0 fully saturated rings. The summed E-state index contributed by atoms with van der Waals surface area (Å²) in [5, 5.41) is 2.21. The summed E-state index contributed by atoms with van der Waals surface area (Å²) in [6, 6.07) is 17.4. The minimum absolute atomic E-state index is 0.227. The highest BCUT2D eigenvalue weighted by atomic mass is 16.5. The zero-order valence-corrected chi connectivity index (χ0v) is 23.4. The second-order valence-corrected chi connectivity index (χ2v) is 10.9. The van der Waals surface area contributed by atoms with Gasteiger partial charge in [0, 0.05) is 22.4 Å². The molecule has 0 saturated heterocycles. The molecule has 2 amide bonds. The third kappa shape index (κ3) is 6.03. The Morgan fingerprint density at radius 1 is 0.718 bits per heavy atom. The number of amides is 2. The Hall–Kier alpha value is -3.60. The molecule has 39 heavy (non-hydrogen) atoms. The molecule has 0 unspecified atom stereocenters. The zero-order valence-electron chi connectivity index (χ0n) is 23.4. The number of ether oxygens (including phenoxy) is 1. The van der Waals surface area contributed by atoms with E-state index in [2.05, 4.69) is 37.0 Å². The van der Waals surface area contributed by atoms with Crippen LogP contribution in [0.2, 0.25) is 0 Å². The predicted molar refractivity (Wildman–Crippen MR) is 159 cm³/mol. The van der Waals surface area contributed by atoms with Gasteiger partial charge in [-0.25, -0.2) is 0 Å². The van der Waals surface area contributed by atoms with E-state index in [4.69, 9.17) is 4.74 Å². The molecular formula is C34H40N2O3. The van der Waals surface area contributed by atoms with Crippen LogP contribution < -0.4 is 4.74 Å². The first-order valence-corrected chi connectivity index (χ1v) is 14.7. The molecule has 0 saturated carbocycles. The normalized spacial score (nSPS) is 13.1. The lowest BCUT2D eigenvalue weighted by Gasteiger charge is -2.14. The Morgan fingerprint density at radius 2 is 1.33 bits per heavy atom. The number of nitrogens with one attached hydrogen (secondary N) is 1. The van der Waals surface area contributed by atoms with Crippen molar-refractivity contribution in [2.45, 2.75) is 84.6 Å². The lowest BCUT2D eigenvalue weighted by molar-refractivity contribution is 0.0642. The fraction of sp³-hybridized carbons (Fsp3) is 0.412. The van der Waals surface area contributed by atoms with E-state index >= 15 is 0 Å². The number of carbonyl (C=O) groups is 2. The van der Waals surface area contributed by atoms with Crippen molar-refractivity contribution in [1.29, 1.82) is 0 Å². The number of unbranched alkanes of at least 4 members (excludes halogenated alkanes) is 9. The van der Waals surface area contributed by atoms with E-state index < -0.39 is 0 Å². The summed E-state index contributed by atoms with van der Waals surface area (Å²) < 4.78 is 6.18. The van der Waals surface area contributed by atoms with Crippen molar-refractivity contribution < 1.29 is 14.3 Å². The van der Waals surface area contributed by atoms with Crippen LogP contribution in [0.3, 0.4) is 0 Å². The van der Waals surface area contributed by atoms with Gasteiger partial charge in [-0.15, -0.1) is 0 Å². The van der Waals surface area contributed by atoms with Gasteiger partial charge in [-0.05, 0) is 54.8 Å². The zero-order chi connectivity index (χ0) is 27.2. The number of hydrogen-bond donors (Lipinski definition) is 1. The van der Waals surface area contributed by atoms with Gasteiger partial charge in [0.05, 0.1) is 29.8 Å². The second-order valence-electron chi connectivity index (χ2n) is 10.9. The number of aromatic amines is 1. The topological polar surface area (TPSA) is 62.4 Å². The molecule has 1 aliphatic rings. The number of benzene rings is 3. The maximum absolute atomic E-state index is 12.8. The fourth-order valence-electron chi connectivity index (χ4n) is 5.67. The first kappa shape index (κ1) is 27.0. The van der Waals surface area contributed by atoms with Crippen LogP contribution in [0.5, 0.6) is 5.75 Å². The highest BCUT2D eigenvalue weighted by Crippen LogP contribution is 2.33. The van der Waals surface area contributed by atoms with Crippen LogP contribution in [0, 0.1) is 6.92 Å². The van der Waals surface area contributed by atoms with E-state index in [0.29, 0.717) is 11.1 Å². The van der Waals surface area contributed by atoms with Crippen molar-refractivity contribution in [3.63, 3.8) is 0 Å². The van der Waals surface area contributed by atoms with Gasteiger partial charge in [-0.3, -0.25) is 14.5 Å². The molecule has 4 aromatic rings. The molecule has 0 spiro atoms. The number of rotatable bonds is 14. The lowest BCUT2D eigenvalue weighted by atomic mass is 10.1. The summed E-state index contributed by atoms with van der Waals surface area (Å²) >= 11 is 0. The standard InChI is InChI=1S/C34H40N2O3/c1-3-4-5-6-7-8-9-10-11-14-19-39-32-22-31-28(20-24(32)2)29-21-25(17-18-30(29)35-31)23-36-33(37)26-15-12-13-16-27(26)34(36)38/h12-13,15-18,20-22,35H,3-11,14,19,23H2,1-2H3. The first-order valence-electron chi connectivity index (χ1n) is 14.7. The molecular weight excluding hydrogens is 484 g/mol. The molecule has 0 radical (unpaired) electrons. The quantitative estimate of drug-likeness (QED) is 0.132.